The minimum Gasteiger partial charge on any atom is -2.00 e. The molecule has 0 aliphatic rings. The number of hydrogen-bond donors (Lipinski definition) is 0. The Morgan fingerprint density at radius 1 is 0.233 bits per heavy atom. The fourth-order valence-corrected chi connectivity index (χ4v) is 17.0. The van der Waals surface area contributed by atoms with Gasteiger partial charge in [-0.25, -0.2) is 0 Å². The molecule has 12 aromatic carbocycles. The minimum atomic E-state index is -0.877. The Labute approximate surface area is 614 Å². The molecule has 0 heterocycles. The van der Waals surface area contributed by atoms with E-state index in [2.05, 4.69) is 273 Å². The number of Topliss-reactive ketones (excluding diaryl/α,β-unsaturated/α-hetero) is 1. The third-order valence-electron chi connectivity index (χ3n) is 12.6. The van der Waals surface area contributed by atoms with Gasteiger partial charge in [-0.1, -0.05) is 271 Å². The molecule has 0 saturated heterocycles. The van der Waals surface area contributed by atoms with Gasteiger partial charge in [0.25, 0.3) is 0 Å². The maximum Gasteiger partial charge on any atom is 2.00 e. The van der Waals surface area contributed by atoms with Crippen molar-refractivity contribution in [2.75, 3.05) is 0 Å². The predicted molar refractivity (Wildman–Crippen MR) is 396 cm³/mol. The SMILES string of the molecule is CC(C)=O.[Cl-].[Pt+2].[Pt+2].[Pt+2].[S-2].[S-]Cc1ccccc1.[S-]Cc1ccccc1.[S-]Cc1ccccc1.c1ccc([PH+](c2ccccc2)c2ccccc2)cc1.c1ccc([PH+](c2ccccc2)c2ccccc2)cc1.c1ccc([PH+](c2ccccc2)c2ccccc2)cc1. The van der Waals surface area contributed by atoms with Gasteiger partial charge in [0.15, 0.2) is 0 Å². The Morgan fingerprint density at radius 2 is 0.322 bits per heavy atom. The normalized spacial score (nSPS) is 9.42. The van der Waals surface area contributed by atoms with Gasteiger partial charge >= 0.3 is 63.2 Å². The first kappa shape index (κ1) is 83.4. The van der Waals surface area contributed by atoms with Gasteiger partial charge in [-0.2, -0.15) is 17.3 Å². The summed E-state index contributed by atoms with van der Waals surface area (Å²) >= 11 is 14.5. The van der Waals surface area contributed by atoms with Gasteiger partial charge < -0.3 is 68.6 Å². The molecule has 0 amide bonds. The van der Waals surface area contributed by atoms with Crippen LogP contribution in [0.5, 0.6) is 0 Å². The molecule has 0 spiro atoms. The van der Waals surface area contributed by atoms with E-state index in [1.54, 1.807) is 0 Å². The topological polar surface area (TPSA) is 17.1 Å². The van der Waals surface area contributed by atoms with E-state index >= 15 is 0 Å². The Morgan fingerprint density at radius 3 is 0.400 bits per heavy atom. The van der Waals surface area contributed by atoms with Crippen molar-refractivity contribution in [1.29, 1.82) is 0 Å². The third kappa shape index (κ3) is 31.8. The average Bonchev–Trinajstić information content (AvgIpc) is 1.31. The van der Waals surface area contributed by atoms with Crippen molar-refractivity contribution in [1.82, 2.24) is 0 Å². The molecule has 0 aliphatic heterocycles. The number of benzene rings is 12. The van der Waals surface area contributed by atoms with Crippen LogP contribution in [-0.2, 0) is 137 Å². The Hall–Kier alpha value is -4.65. The summed E-state index contributed by atoms with van der Waals surface area (Å²) in [6.07, 6.45) is 0. The molecule has 0 N–H and O–H groups in total. The molecule has 0 saturated carbocycles. The zero-order valence-corrected chi connectivity index (χ0v) is 64.0. The molecular weight excluding hydrogens is 1790 g/mol. The summed E-state index contributed by atoms with van der Waals surface area (Å²) in [7, 11) is -2.63. The average molecular weight is 1870 g/mol. The summed E-state index contributed by atoms with van der Waals surface area (Å²) < 4.78 is 0. The number of halogens is 1. The molecule has 0 bridgehead atoms. The van der Waals surface area contributed by atoms with Crippen molar-refractivity contribution in [3.63, 3.8) is 0 Å². The summed E-state index contributed by atoms with van der Waals surface area (Å²) in [6.45, 7) is 3.06. The molecular formula is C78H75ClOP3Pt3S4+3. The molecule has 0 fully saturated rings. The van der Waals surface area contributed by atoms with Crippen LogP contribution in [0.1, 0.15) is 30.5 Å². The molecule has 466 valence electrons. The van der Waals surface area contributed by atoms with E-state index in [4.69, 9.17) is 37.9 Å². The van der Waals surface area contributed by atoms with E-state index in [1.807, 2.05) is 91.0 Å². The molecule has 0 unspecified atom stereocenters. The third-order valence-corrected chi connectivity index (χ3v) is 21.8. The van der Waals surface area contributed by atoms with Gasteiger partial charge in [-0.15, -0.1) is 0 Å². The maximum absolute atomic E-state index is 9.44. The van der Waals surface area contributed by atoms with Crippen molar-refractivity contribution in [2.45, 2.75) is 31.1 Å². The first-order valence-electron chi connectivity index (χ1n) is 28.3. The molecule has 90 heavy (non-hydrogen) atoms. The quantitative estimate of drug-likeness (QED) is 0.0895. The second-order valence-electron chi connectivity index (χ2n) is 19.2. The smallest absolute Gasteiger partial charge is 2.00 e. The number of ketones is 1. The van der Waals surface area contributed by atoms with Crippen LogP contribution in [0.25, 0.3) is 0 Å². The van der Waals surface area contributed by atoms with E-state index < -0.39 is 23.8 Å². The van der Waals surface area contributed by atoms with Gasteiger partial charge in [-0.05, 0) is 123 Å². The Balaban J connectivity index is 0.000000547. The summed E-state index contributed by atoms with van der Waals surface area (Å²) in [5.74, 6) is 2.34. The Bertz CT molecular complexity index is 2920. The van der Waals surface area contributed by atoms with Gasteiger partial charge in [0.2, 0.25) is 0 Å². The summed E-state index contributed by atoms with van der Waals surface area (Å²) in [5.41, 5.74) is 3.67. The van der Waals surface area contributed by atoms with Crippen LogP contribution >= 0.6 is 23.8 Å². The van der Waals surface area contributed by atoms with Gasteiger partial charge in [0.05, 0.1) is 23.8 Å². The van der Waals surface area contributed by atoms with Gasteiger partial charge in [0, 0.05) is 0 Å². The monoisotopic (exact) mass is 1870 g/mol. The van der Waals surface area contributed by atoms with Crippen LogP contribution in [0.2, 0.25) is 0 Å². The number of carbonyl (C=O) groups excluding carboxylic acids is 1. The summed E-state index contributed by atoms with van der Waals surface area (Å²) in [4.78, 5) is 9.44. The molecule has 1 nitrogen and oxygen atoms in total. The van der Waals surface area contributed by atoms with Crippen LogP contribution in [0.4, 0.5) is 0 Å². The predicted octanol–water partition coefficient (Wildman–Crippen LogP) is 12.3. The molecule has 0 radical (unpaired) electrons. The second-order valence-corrected chi connectivity index (χ2v) is 27.5. The minimum absolute atomic E-state index is 0. The number of rotatable bonds is 12. The van der Waals surface area contributed by atoms with Gasteiger partial charge in [-0.3, -0.25) is 0 Å². The standard InChI is InChI=1S/3C18H15P.3C7H8S.C3H6O.ClH.3Pt.S/c3*1-4-10-16(11-5-1)19(17-12-6-2-7-13-17)18-14-8-3-9-15-18;3*8-6-7-4-2-1-3-5-7;1-3(2)4;;;;;/h3*1-15H;3*1-5,8H,6H2;1-2H3;1H;;;;/q;;;;;;;;3*+2;-2/p-1. The molecule has 12 aromatic rings. The van der Waals surface area contributed by atoms with E-state index in [-0.39, 0.29) is 94.9 Å². The van der Waals surface area contributed by atoms with Crippen molar-refractivity contribution in [3.05, 3.63) is 381 Å². The largest absolute Gasteiger partial charge is 2.00 e. The first-order valence-corrected chi connectivity index (χ1v) is 34.5. The zero-order valence-electron chi connectivity index (χ0n) is 50.1. The fourth-order valence-electron chi connectivity index (χ4n) is 8.67. The summed E-state index contributed by atoms with van der Waals surface area (Å²) in [6, 6.07) is 128. The molecule has 12 heteroatoms. The summed E-state index contributed by atoms with van der Waals surface area (Å²) in [5, 5.41) is 12.9. The fraction of sp³-hybridized carbons (Fsp3) is 0.0641. The van der Waals surface area contributed by atoms with Crippen LogP contribution in [0.15, 0.2) is 364 Å². The van der Waals surface area contributed by atoms with Crippen LogP contribution in [0.3, 0.4) is 0 Å². The van der Waals surface area contributed by atoms with E-state index in [1.165, 1.54) is 78.3 Å². The van der Waals surface area contributed by atoms with Gasteiger partial charge in [0.1, 0.15) is 53.5 Å². The van der Waals surface area contributed by atoms with Crippen molar-refractivity contribution in [2.24, 2.45) is 0 Å². The Kier molecular flexibility index (Phi) is 48.0. The van der Waals surface area contributed by atoms with E-state index in [0.29, 0.717) is 0 Å². The molecule has 0 aliphatic carbocycles. The molecule has 0 atom stereocenters. The number of hydrogen-bond acceptors (Lipinski definition) is 4. The van der Waals surface area contributed by atoms with Crippen molar-refractivity contribution >= 4 is 129 Å². The van der Waals surface area contributed by atoms with Crippen LogP contribution < -0.4 is 60.1 Å². The van der Waals surface area contributed by atoms with Crippen molar-refractivity contribution < 1.29 is 80.4 Å². The first-order chi connectivity index (χ1) is 41.9. The second kappa shape index (κ2) is 51.8. The molecule has 0 aromatic heterocycles. The van der Waals surface area contributed by atoms with E-state index in [9.17, 15) is 4.79 Å². The van der Waals surface area contributed by atoms with Crippen LogP contribution in [-0.4, -0.2) is 5.78 Å². The maximum atomic E-state index is 9.44. The number of carbonyl (C=O) groups is 1. The molecule has 12 rings (SSSR count). The van der Waals surface area contributed by atoms with Crippen LogP contribution in [0, 0.1) is 0 Å². The zero-order chi connectivity index (χ0) is 59.8. The van der Waals surface area contributed by atoms with E-state index in [0.717, 1.165) is 17.3 Å². The van der Waals surface area contributed by atoms with Crippen molar-refractivity contribution in [3.8, 4) is 0 Å².